The summed E-state index contributed by atoms with van der Waals surface area (Å²) in [6.45, 7) is 0.960. The van der Waals surface area contributed by atoms with Gasteiger partial charge >= 0.3 is 0 Å². The molecule has 1 aliphatic carbocycles. The Kier molecular flexibility index (Phi) is 3.04. The third-order valence-electron chi connectivity index (χ3n) is 2.83. The fourth-order valence-electron chi connectivity index (χ4n) is 1.66. The predicted molar refractivity (Wildman–Crippen MR) is 57.5 cm³/mol. The first-order valence-electron chi connectivity index (χ1n) is 5.25. The van der Waals surface area contributed by atoms with E-state index in [1.807, 2.05) is 12.1 Å². The van der Waals surface area contributed by atoms with Crippen molar-refractivity contribution in [1.82, 2.24) is 5.32 Å². The first kappa shape index (κ1) is 9.53. The maximum atomic E-state index is 5.17. The standard InChI is InChI=1S/C12H17NO/c1-14-12-7-2-4-10(8-12)9-13-11-5-3-6-11/h2,4,7-8,11,13H,3,5-6,9H2,1H3. The molecule has 0 radical (unpaired) electrons. The average molecular weight is 191 g/mol. The van der Waals surface area contributed by atoms with Gasteiger partial charge in [0, 0.05) is 12.6 Å². The molecule has 0 aliphatic heterocycles. The lowest BCUT2D eigenvalue weighted by Crippen LogP contribution is -2.34. The normalized spacial score (nSPS) is 16.4. The van der Waals surface area contributed by atoms with Crippen LogP contribution in [0.1, 0.15) is 24.8 Å². The molecule has 1 fully saturated rings. The second-order valence-electron chi connectivity index (χ2n) is 3.86. The molecule has 1 saturated carbocycles. The van der Waals surface area contributed by atoms with Crippen molar-refractivity contribution >= 4 is 0 Å². The molecule has 0 saturated heterocycles. The van der Waals surface area contributed by atoms with Gasteiger partial charge in [-0.1, -0.05) is 18.6 Å². The van der Waals surface area contributed by atoms with E-state index in [9.17, 15) is 0 Å². The highest BCUT2D eigenvalue weighted by atomic mass is 16.5. The monoisotopic (exact) mass is 191 g/mol. The van der Waals surface area contributed by atoms with Gasteiger partial charge in [0.15, 0.2) is 0 Å². The zero-order valence-electron chi connectivity index (χ0n) is 8.62. The molecule has 0 aromatic heterocycles. The molecule has 0 atom stereocenters. The van der Waals surface area contributed by atoms with Crippen LogP contribution in [0.4, 0.5) is 0 Å². The van der Waals surface area contributed by atoms with Crippen LogP contribution in [0.2, 0.25) is 0 Å². The summed E-state index contributed by atoms with van der Waals surface area (Å²) >= 11 is 0. The van der Waals surface area contributed by atoms with Gasteiger partial charge in [0.25, 0.3) is 0 Å². The summed E-state index contributed by atoms with van der Waals surface area (Å²) in [4.78, 5) is 0. The maximum absolute atomic E-state index is 5.17. The van der Waals surface area contributed by atoms with Gasteiger partial charge in [-0.25, -0.2) is 0 Å². The Labute approximate surface area is 85.3 Å². The first-order chi connectivity index (χ1) is 6.88. The van der Waals surface area contributed by atoms with Gasteiger partial charge in [-0.2, -0.15) is 0 Å². The van der Waals surface area contributed by atoms with E-state index in [2.05, 4.69) is 17.4 Å². The molecule has 2 heteroatoms. The summed E-state index contributed by atoms with van der Waals surface area (Å²) in [5, 5.41) is 3.53. The van der Waals surface area contributed by atoms with E-state index in [1.165, 1.54) is 24.8 Å². The molecule has 76 valence electrons. The summed E-state index contributed by atoms with van der Waals surface area (Å²) in [7, 11) is 1.71. The number of ether oxygens (including phenoxy) is 1. The Bertz CT molecular complexity index is 294. The van der Waals surface area contributed by atoms with Crippen molar-refractivity contribution in [3.05, 3.63) is 29.8 Å². The summed E-state index contributed by atoms with van der Waals surface area (Å²) in [6.07, 6.45) is 4.06. The van der Waals surface area contributed by atoms with Crippen LogP contribution in [0.25, 0.3) is 0 Å². The van der Waals surface area contributed by atoms with Crippen molar-refractivity contribution in [3.8, 4) is 5.75 Å². The second kappa shape index (κ2) is 4.47. The van der Waals surface area contributed by atoms with Gasteiger partial charge in [-0.05, 0) is 30.5 Å². The fourth-order valence-corrected chi connectivity index (χ4v) is 1.66. The molecule has 1 N–H and O–H groups in total. The Morgan fingerprint density at radius 2 is 2.29 bits per heavy atom. The van der Waals surface area contributed by atoms with Crippen LogP contribution >= 0.6 is 0 Å². The third-order valence-corrected chi connectivity index (χ3v) is 2.83. The van der Waals surface area contributed by atoms with Crippen LogP contribution in [-0.4, -0.2) is 13.2 Å². The molecule has 0 amide bonds. The molecule has 1 aliphatic rings. The molecule has 1 aromatic carbocycles. The lowest BCUT2D eigenvalue weighted by Gasteiger charge is -2.26. The minimum Gasteiger partial charge on any atom is -0.497 e. The zero-order chi connectivity index (χ0) is 9.80. The summed E-state index contributed by atoms with van der Waals surface area (Å²) < 4.78 is 5.17. The second-order valence-corrected chi connectivity index (χ2v) is 3.86. The average Bonchev–Trinajstić information content (AvgIpc) is 2.16. The fraction of sp³-hybridized carbons (Fsp3) is 0.500. The van der Waals surface area contributed by atoms with Crippen LogP contribution < -0.4 is 10.1 Å². The van der Waals surface area contributed by atoms with E-state index in [4.69, 9.17) is 4.74 Å². The highest BCUT2D eigenvalue weighted by Gasteiger charge is 2.15. The molecular formula is C12H17NO. The van der Waals surface area contributed by atoms with Crippen LogP contribution in [0.3, 0.4) is 0 Å². The van der Waals surface area contributed by atoms with Gasteiger partial charge < -0.3 is 10.1 Å². The smallest absolute Gasteiger partial charge is 0.119 e. The molecule has 0 heterocycles. The highest BCUT2D eigenvalue weighted by molar-refractivity contribution is 5.28. The summed E-state index contributed by atoms with van der Waals surface area (Å²) in [5.74, 6) is 0.943. The Hall–Kier alpha value is -1.02. The lowest BCUT2D eigenvalue weighted by molar-refractivity contribution is 0.338. The van der Waals surface area contributed by atoms with Gasteiger partial charge in [0.2, 0.25) is 0 Å². The van der Waals surface area contributed by atoms with Crippen molar-refractivity contribution in [2.24, 2.45) is 0 Å². The number of hydrogen-bond acceptors (Lipinski definition) is 2. The van der Waals surface area contributed by atoms with Gasteiger partial charge in [0.1, 0.15) is 5.75 Å². The van der Waals surface area contributed by atoms with Crippen LogP contribution in [0.5, 0.6) is 5.75 Å². The molecular weight excluding hydrogens is 174 g/mol. The number of hydrogen-bond donors (Lipinski definition) is 1. The van der Waals surface area contributed by atoms with Crippen LogP contribution in [-0.2, 0) is 6.54 Å². The van der Waals surface area contributed by atoms with Crippen molar-refractivity contribution in [1.29, 1.82) is 0 Å². The van der Waals surface area contributed by atoms with Crippen molar-refractivity contribution < 1.29 is 4.74 Å². The third kappa shape index (κ3) is 2.26. The van der Waals surface area contributed by atoms with E-state index in [0.717, 1.165) is 18.3 Å². The van der Waals surface area contributed by atoms with Crippen molar-refractivity contribution in [3.63, 3.8) is 0 Å². The van der Waals surface area contributed by atoms with E-state index >= 15 is 0 Å². The molecule has 0 bridgehead atoms. The van der Waals surface area contributed by atoms with E-state index in [0.29, 0.717) is 0 Å². The van der Waals surface area contributed by atoms with Gasteiger partial charge in [-0.3, -0.25) is 0 Å². The molecule has 1 aromatic rings. The summed E-state index contributed by atoms with van der Waals surface area (Å²) in [6, 6.07) is 8.99. The Balaban J connectivity index is 1.87. The summed E-state index contributed by atoms with van der Waals surface area (Å²) in [5.41, 5.74) is 1.30. The molecule has 2 nitrogen and oxygen atoms in total. The van der Waals surface area contributed by atoms with Crippen LogP contribution in [0.15, 0.2) is 24.3 Å². The Morgan fingerprint density at radius 1 is 1.43 bits per heavy atom. The minimum absolute atomic E-state index is 0.751. The van der Waals surface area contributed by atoms with Gasteiger partial charge in [-0.15, -0.1) is 0 Å². The molecule has 0 spiro atoms. The van der Waals surface area contributed by atoms with Gasteiger partial charge in [0.05, 0.1) is 7.11 Å². The SMILES string of the molecule is COc1cccc(CNC2CCC2)c1. The number of methoxy groups -OCH3 is 1. The van der Waals surface area contributed by atoms with E-state index in [-0.39, 0.29) is 0 Å². The minimum atomic E-state index is 0.751. The molecule has 0 unspecified atom stereocenters. The van der Waals surface area contributed by atoms with Crippen molar-refractivity contribution in [2.75, 3.05) is 7.11 Å². The largest absolute Gasteiger partial charge is 0.497 e. The molecule has 14 heavy (non-hydrogen) atoms. The molecule has 2 rings (SSSR count). The first-order valence-corrected chi connectivity index (χ1v) is 5.25. The van der Waals surface area contributed by atoms with E-state index in [1.54, 1.807) is 7.11 Å². The predicted octanol–water partition coefficient (Wildman–Crippen LogP) is 2.34. The highest BCUT2D eigenvalue weighted by Crippen LogP contribution is 2.19. The topological polar surface area (TPSA) is 21.3 Å². The zero-order valence-corrected chi connectivity index (χ0v) is 8.62. The Morgan fingerprint density at radius 3 is 2.93 bits per heavy atom. The van der Waals surface area contributed by atoms with E-state index < -0.39 is 0 Å². The maximum Gasteiger partial charge on any atom is 0.119 e. The lowest BCUT2D eigenvalue weighted by atomic mass is 9.93. The quantitative estimate of drug-likeness (QED) is 0.788. The number of nitrogens with one attached hydrogen (secondary N) is 1. The number of benzene rings is 1. The number of rotatable bonds is 4. The van der Waals surface area contributed by atoms with Crippen molar-refractivity contribution in [2.45, 2.75) is 31.8 Å². The van der Waals surface area contributed by atoms with Crippen LogP contribution in [0, 0.1) is 0 Å².